The molecule has 0 bridgehead atoms. The van der Waals surface area contributed by atoms with Gasteiger partial charge in [0.1, 0.15) is 0 Å². The van der Waals surface area contributed by atoms with Crippen molar-refractivity contribution in [1.29, 1.82) is 0 Å². The maximum absolute atomic E-state index is 11.9. The largest absolute Gasteiger partial charge is 0.328 e. The number of hydrogen-bond donors (Lipinski definition) is 2. The minimum Gasteiger partial charge on any atom is -0.298 e. The van der Waals surface area contributed by atoms with Crippen LogP contribution < -0.4 is 16.0 Å². The Bertz CT molecular complexity index is 688. The van der Waals surface area contributed by atoms with Crippen molar-refractivity contribution in [1.82, 2.24) is 14.3 Å². The van der Waals surface area contributed by atoms with Gasteiger partial charge in [-0.05, 0) is 19.8 Å². The maximum atomic E-state index is 11.9. The minimum absolute atomic E-state index is 0.0191. The van der Waals surface area contributed by atoms with Crippen LogP contribution in [0.5, 0.6) is 0 Å². The summed E-state index contributed by atoms with van der Waals surface area (Å²) in [5.74, 6) is 0.0657. The third-order valence-corrected chi connectivity index (χ3v) is 4.87. The first-order valence-electron chi connectivity index (χ1n) is 6.98. The second-order valence-corrected chi connectivity index (χ2v) is 7.38. The Labute approximate surface area is 124 Å². The molecule has 0 saturated heterocycles. The van der Waals surface area contributed by atoms with Crippen molar-refractivity contribution in [2.45, 2.75) is 46.7 Å². The topological polar surface area (TPSA) is 101 Å². The van der Waals surface area contributed by atoms with Gasteiger partial charge in [0.05, 0.1) is 5.75 Å². The van der Waals surface area contributed by atoms with Crippen LogP contribution in [0.3, 0.4) is 0 Å². The first-order chi connectivity index (χ1) is 9.66. The van der Waals surface area contributed by atoms with E-state index in [-0.39, 0.29) is 29.8 Å². The zero-order chi connectivity index (χ0) is 16.2. The van der Waals surface area contributed by atoms with E-state index in [0.29, 0.717) is 0 Å². The average molecular weight is 317 g/mol. The molecule has 1 rings (SSSR count). The lowest BCUT2D eigenvalue weighted by atomic mass is 10.2. The standard InChI is InChI=1S/C13H23N3O4S/c1-5-10(4)8-21(19,20)14-6-11-7-16(9(2)3)13(18)15-12(11)17/h7,9-10,14H,5-6,8H2,1-4H3,(H,15,17,18). The van der Waals surface area contributed by atoms with Gasteiger partial charge >= 0.3 is 5.69 Å². The molecule has 0 saturated carbocycles. The van der Waals surface area contributed by atoms with Crippen LogP contribution in [0, 0.1) is 5.92 Å². The quantitative estimate of drug-likeness (QED) is 0.768. The number of nitrogens with one attached hydrogen (secondary N) is 2. The van der Waals surface area contributed by atoms with Crippen molar-refractivity contribution < 1.29 is 8.42 Å². The van der Waals surface area contributed by atoms with Crippen LogP contribution in [-0.2, 0) is 16.6 Å². The molecular formula is C13H23N3O4S. The van der Waals surface area contributed by atoms with E-state index < -0.39 is 21.3 Å². The number of sulfonamides is 1. The molecule has 0 radical (unpaired) electrons. The van der Waals surface area contributed by atoms with Gasteiger partial charge in [-0.2, -0.15) is 0 Å². The molecule has 0 aliphatic heterocycles. The number of aromatic nitrogens is 2. The summed E-state index contributed by atoms with van der Waals surface area (Å²) in [6.45, 7) is 7.25. The van der Waals surface area contributed by atoms with Crippen LogP contribution in [0.2, 0.25) is 0 Å². The van der Waals surface area contributed by atoms with Gasteiger partial charge in [-0.1, -0.05) is 20.3 Å². The van der Waals surface area contributed by atoms with E-state index in [1.165, 1.54) is 10.8 Å². The molecule has 0 aliphatic rings. The highest BCUT2D eigenvalue weighted by Gasteiger charge is 2.15. The molecule has 1 aromatic rings. The highest BCUT2D eigenvalue weighted by Crippen LogP contribution is 2.05. The SMILES string of the molecule is CCC(C)CS(=O)(=O)NCc1cn(C(C)C)c(=O)[nH]c1=O. The molecule has 1 atom stereocenters. The van der Waals surface area contributed by atoms with Gasteiger partial charge in [0.15, 0.2) is 0 Å². The number of rotatable bonds is 7. The summed E-state index contributed by atoms with van der Waals surface area (Å²) in [5, 5.41) is 0. The molecule has 0 aliphatic carbocycles. The summed E-state index contributed by atoms with van der Waals surface area (Å²) in [6, 6.07) is -0.121. The molecule has 1 aromatic heterocycles. The fraction of sp³-hybridized carbons (Fsp3) is 0.692. The van der Waals surface area contributed by atoms with Gasteiger partial charge in [0.25, 0.3) is 5.56 Å². The van der Waals surface area contributed by atoms with Crippen LogP contribution in [0.25, 0.3) is 0 Å². The molecule has 0 aromatic carbocycles. The van der Waals surface area contributed by atoms with Gasteiger partial charge in [0, 0.05) is 24.3 Å². The number of H-pyrrole nitrogens is 1. The predicted molar refractivity (Wildman–Crippen MR) is 81.8 cm³/mol. The maximum Gasteiger partial charge on any atom is 0.328 e. The Morgan fingerprint density at radius 2 is 1.90 bits per heavy atom. The summed E-state index contributed by atoms with van der Waals surface area (Å²) in [7, 11) is -3.44. The van der Waals surface area contributed by atoms with Crippen molar-refractivity contribution in [3.8, 4) is 0 Å². The zero-order valence-electron chi connectivity index (χ0n) is 12.8. The normalized spacial score (nSPS) is 13.6. The van der Waals surface area contributed by atoms with Crippen LogP contribution in [0.1, 0.15) is 45.7 Å². The minimum atomic E-state index is -3.44. The first-order valence-corrected chi connectivity index (χ1v) is 8.63. The Morgan fingerprint density at radius 1 is 1.29 bits per heavy atom. The number of nitrogens with zero attached hydrogens (tertiary/aromatic N) is 1. The Morgan fingerprint density at radius 3 is 2.43 bits per heavy atom. The summed E-state index contributed by atoms with van der Waals surface area (Å²) < 4.78 is 27.5. The fourth-order valence-corrected chi connectivity index (χ4v) is 3.25. The molecule has 120 valence electrons. The highest BCUT2D eigenvalue weighted by atomic mass is 32.2. The molecule has 7 nitrogen and oxygen atoms in total. The van der Waals surface area contributed by atoms with Crippen LogP contribution in [0.15, 0.2) is 15.8 Å². The Hall–Kier alpha value is -1.41. The third-order valence-electron chi connectivity index (χ3n) is 3.28. The molecule has 0 fully saturated rings. The van der Waals surface area contributed by atoms with Gasteiger partial charge in [0.2, 0.25) is 10.0 Å². The van der Waals surface area contributed by atoms with E-state index in [4.69, 9.17) is 0 Å². The zero-order valence-corrected chi connectivity index (χ0v) is 13.7. The molecule has 8 heteroatoms. The lowest BCUT2D eigenvalue weighted by Crippen LogP contribution is -2.36. The van der Waals surface area contributed by atoms with Crippen molar-refractivity contribution in [2.24, 2.45) is 5.92 Å². The van der Waals surface area contributed by atoms with Crippen molar-refractivity contribution >= 4 is 10.0 Å². The van der Waals surface area contributed by atoms with Crippen LogP contribution >= 0.6 is 0 Å². The Kier molecular flexibility index (Phi) is 5.91. The second-order valence-electron chi connectivity index (χ2n) is 5.53. The third kappa shape index (κ3) is 5.13. The van der Waals surface area contributed by atoms with E-state index >= 15 is 0 Å². The predicted octanol–water partition coefficient (Wildman–Crippen LogP) is 0.583. The second kappa shape index (κ2) is 7.04. The lowest BCUT2D eigenvalue weighted by Gasteiger charge is -2.12. The summed E-state index contributed by atoms with van der Waals surface area (Å²) >= 11 is 0. The first kappa shape index (κ1) is 17.6. The molecule has 21 heavy (non-hydrogen) atoms. The van der Waals surface area contributed by atoms with Gasteiger partial charge < -0.3 is 0 Å². The lowest BCUT2D eigenvalue weighted by molar-refractivity contribution is 0.545. The molecule has 1 unspecified atom stereocenters. The highest BCUT2D eigenvalue weighted by molar-refractivity contribution is 7.89. The number of aromatic amines is 1. The van der Waals surface area contributed by atoms with Crippen molar-refractivity contribution in [2.75, 3.05) is 5.75 Å². The van der Waals surface area contributed by atoms with Gasteiger partial charge in [-0.15, -0.1) is 0 Å². The van der Waals surface area contributed by atoms with Crippen molar-refractivity contribution in [3.63, 3.8) is 0 Å². The van der Waals surface area contributed by atoms with E-state index in [2.05, 4.69) is 9.71 Å². The molecule has 0 amide bonds. The fourth-order valence-electron chi connectivity index (χ4n) is 1.78. The summed E-state index contributed by atoms with van der Waals surface area (Å²) in [5.41, 5.74) is -0.847. The summed E-state index contributed by atoms with van der Waals surface area (Å²) in [4.78, 5) is 25.5. The number of hydrogen-bond acceptors (Lipinski definition) is 4. The van der Waals surface area contributed by atoms with E-state index in [0.717, 1.165) is 6.42 Å². The van der Waals surface area contributed by atoms with Gasteiger partial charge in [-0.25, -0.2) is 17.9 Å². The van der Waals surface area contributed by atoms with Crippen molar-refractivity contribution in [3.05, 3.63) is 32.6 Å². The van der Waals surface area contributed by atoms with Gasteiger partial charge in [-0.3, -0.25) is 14.3 Å². The molecule has 1 heterocycles. The van der Waals surface area contributed by atoms with E-state index in [9.17, 15) is 18.0 Å². The molecule has 2 N–H and O–H groups in total. The smallest absolute Gasteiger partial charge is 0.298 e. The average Bonchev–Trinajstić information content (AvgIpc) is 2.36. The molecule has 0 spiro atoms. The van der Waals surface area contributed by atoms with E-state index in [1.54, 1.807) is 13.8 Å². The van der Waals surface area contributed by atoms with E-state index in [1.807, 2.05) is 13.8 Å². The molecular weight excluding hydrogens is 294 g/mol. The Balaban J connectivity index is 2.92. The van der Waals surface area contributed by atoms with Crippen LogP contribution in [0.4, 0.5) is 0 Å². The van der Waals surface area contributed by atoms with Crippen LogP contribution in [-0.4, -0.2) is 23.7 Å². The summed E-state index contributed by atoms with van der Waals surface area (Å²) in [6.07, 6.45) is 2.16. The monoisotopic (exact) mass is 317 g/mol.